The van der Waals surface area contributed by atoms with Gasteiger partial charge in [-0.25, -0.2) is 8.78 Å². The van der Waals surface area contributed by atoms with Gasteiger partial charge < -0.3 is 10.2 Å². The number of benzene rings is 2. The molecule has 0 unspecified atom stereocenters. The van der Waals surface area contributed by atoms with Crippen LogP contribution in [0.3, 0.4) is 0 Å². The highest BCUT2D eigenvalue weighted by atomic mass is 32.2. The molecule has 0 bridgehead atoms. The van der Waals surface area contributed by atoms with E-state index < -0.39 is 11.6 Å². The molecule has 0 spiro atoms. The number of anilines is 2. The lowest BCUT2D eigenvalue weighted by Gasteiger charge is -2.17. The highest BCUT2D eigenvalue weighted by Crippen LogP contribution is 2.30. The average Bonchev–Trinajstić information content (AvgIpc) is 2.98. The van der Waals surface area contributed by atoms with E-state index in [-0.39, 0.29) is 11.7 Å². The Kier molecular flexibility index (Phi) is 5.04. The van der Waals surface area contributed by atoms with Crippen molar-refractivity contribution in [3.8, 4) is 0 Å². The van der Waals surface area contributed by atoms with E-state index in [0.29, 0.717) is 4.90 Å². The van der Waals surface area contributed by atoms with Gasteiger partial charge in [0.15, 0.2) is 11.6 Å². The van der Waals surface area contributed by atoms with E-state index in [1.165, 1.54) is 29.1 Å². The van der Waals surface area contributed by atoms with E-state index in [1.54, 1.807) is 0 Å². The van der Waals surface area contributed by atoms with E-state index >= 15 is 0 Å². The normalized spacial score (nSPS) is 13.0. The monoisotopic (exact) mass is 348 g/mol. The largest absolute Gasteiger partial charge is 0.371 e. The highest BCUT2D eigenvalue weighted by Gasteiger charge is 2.18. The van der Waals surface area contributed by atoms with Crippen LogP contribution in [0.4, 0.5) is 20.2 Å². The van der Waals surface area contributed by atoms with Crippen LogP contribution in [-0.4, -0.2) is 24.7 Å². The number of likely N-dealkylation sites (N-methyl/N-ethyl adjacent to an activating group) is 1. The molecule has 0 aromatic heterocycles. The Labute approximate surface area is 144 Å². The summed E-state index contributed by atoms with van der Waals surface area (Å²) >= 11 is 1.17. The number of amides is 1. The number of hydrogen-bond acceptors (Lipinski definition) is 3. The smallest absolute Gasteiger partial charge is 0.234 e. The van der Waals surface area contributed by atoms with Crippen molar-refractivity contribution in [2.75, 3.05) is 29.1 Å². The van der Waals surface area contributed by atoms with Crippen molar-refractivity contribution in [3.63, 3.8) is 0 Å². The Bertz CT molecular complexity index is 767. The fourth-order valence-electron chi connectivity index (χ4n) is 2.76. The number of thioether (sulfide) groups is 1. The number of nitrogens with zero attached hydrogens (tertiary/aromatic N) is 1. The number of nitrogens with one attached hydrogen (secondary N) is 1. The van der Waals surface area contributed by atoms with Gasteiger partial charge in [-0.2, -0.15) is 0 Å². The van der Waals surface area contributed by atoms with Gasteiger partial charge >= 0.3 is 0 Å². The Morgan fingerprint density at radius 1 is 1.21 bits per heavy atom. The molecule has 6 heteroatoms. The van der Waals surface area contributed by atoms with Gasteiger partial charge in [0.05, 0.1) is 5.75 Å². The van der Waals surface area contributed by atoms with Crippen LogP contribution in [0.5, 0.6) is 0 Å². The highest BCUT2D eigenvalue weighted by molar-refractivity contribution is 8.00. The number of carbonyl (C=O) groups excluding carboxylic acids is 1. The molecular weight excluding hydrogens is 330 g/mol. The van der Waals surface area contributed by atoms with Crippen molar-refractivity contribution in [2.45, 2.75) is 18.2 Å². The third-order valence-corrected chi connectivity index (χ3v) is 5.00. The second-order valence-corrected chi connectivity index (χ2v) is 6.63. The van der Waals surface area contributed by atoms with E-state index in [1.807, 2.05) is 18.2 Å². The summed E-state index contributed by atoms with van der Waals surface area (Å²) in [6.45, 7) is 4.06. The van der Waals surface area contributed by atoms with Crippen LogP contribution in [0, 0.1) is 11.6 Å². The molecule has 2 aromatic rings. The molecule has 0 saturated heterocycles. The predicted molar refractivity (Wildman–Crippen MR) is 93.7 cm³/mol. The molecule has 0 atom stereocenters. The van der Waals surface area contributed by atoms with Crippen LogP contribution >= 0.6 is 11.8 Å². The Morgan fingerprint density at radius 2 is 2.04 bits per heavy atom. The molecule has 0 fully saturated rings. The first-order valence-electron chi connectivity index (χ1n) is 7.82. The zero-order chi connectivity index (χ0) is 17.1. The van der Waals surface area contributed by atoms with Crippen molar-refractivity contribution in [1.29, 1.82) is 0 Å². The first kappa shape index (κ1) is 16.8. The molecule has 126 valence electrons. The van der Waals surface area contributed by atoms with Gasteiger partial charge in [0.2, 0.25) is 5.91 Å². The number of hydrogen-bond donors (Lipinski definition) is 1. The first-order chi connectivity index (χ1) is 11.6. The third-order valence-electron chi connectivity index (χ3n) is 4.00. The summed E-state index contributed by atoms with van der Waals surface area (Å²) in [5.41, 5.74) is 3.22. The maximum Gasteiger partial charge on any atom is 0.234 e. The van der Waals surface area contributed by atoms with Crippen LogP contribution in [0.25, 0.3) is 0 Å². The van der Waals surface area contributed by atoms with Gasteiger partial charge in [-0.3, -0.25) is 4.79 Å². The summed E-state index contributed by atoms with van der Waals surface area (Å²) in [5, 5.41) is 2.86. The first-order valence-corrected chi connectivity index (χ1v) is 8.81. The number of carbonyl (C=O) groups is 1. The second-order valence-electron chi connectivity index (χ2n) is 5.59. The molecule has 0 aliphatic carbocycles. The molecule has 0 radical (unpaired) electrons. The van der Waals surface area contributed by atoms with E-state index in [9.17, 15) is 13.6 Å². The fourth-order valence-corrected chi connectivity index (χ4v) is 3.49. The number of halogens is 2. The number of rotatable bonds is 5. The maximum atomic E-state index is 13.2. The standard InChI is InChI=1S/C18H18F2N2OS/c1-2-22-8-7-12-3-4-13(9-17(12)22)21-18(23)11-24-14-5-6-15(19)16(20)10-14/h3-6,9-10H,2,7-8,11H2,1H3,(H,21,23). The minimum absolute atomic E-state index is 0.139. The lowest BCUT2D eigenvalue weighted by Crippen LogP contribution is -2.19. The SMILES string of the molecule is CCN1CCc2ccc(NC(=O)CSc3ccc(F)c(F)c3)cc21. The molecule has 1 aliphatic heterocycles. The summed E-state index contributed by atoms with van der Waals surface area (Å²) in [5.74, 6) is -1.83. The van der Waals surface area contributed by atoms with Gasteiger partial charge in [0.1, 0.15) is 0 Å². The second kappa shape index (κ2) is 7.21. The van der Waals surface area contributed by atoms with E-state index in [4.69, 9.17) is 0 Å². The number of fused-ring (bicyclic) bond motifs is 1. The zero-order valence-corrected chi connectivity index (χ0v) is 14.1. The Morgan fingerprint density at radius 3 is 2.79 bits per heavy atom. The van der Waals surface area contributed by atoms with Crippen LogP contribution in [0.2, 0.25) is 0 Å². The minimum Gasteiger partial charge on any atom is -0.371 e. The van der Waals surface area contributed by atoms with Gasteiger partial charge in [0, 0.05) is 29.4 Å². The molecule has 1 N–H and O–H groups in total. The van der Waals surface area contributed by atoms with Crippen LogP contribution in [0.15, 0.2) is 41.3 Å². The van der Waals surface area contributed by atoms with Crippen molar-refractivity contribution < 1.29 is 13.6 Å². The van der Waals surface area contributed by atoms with Gasteiger partial charge in [-0.05, 0) is 49.2 Å². The summed E-state index contributed by atoms with van der Waals surface area (Å²) in [6, 6.07) is 9.56. The quantitative estimate of drug-likeness (QED) is 0.827. The van der Waals surface area contributed by atoms with Crippen molar-refractivity contribution >= 4 is 29.0 Å². The van der Waals surface area contributed by atoms with Gasteiger partial charge in [-0.15, -0.1) is 11.8 Å². The predicted octanol–water partition coefficient (Wildman–Crippen LogP) is 4.08. The molecule has 2 aromatic carbocycles. The van der Waals surface area contributed by atoms with Crippen molar-refractivity contribution in [3.05, 3.63) is 53.6 Å². The minimum atomic E-state index is -0.904. The van der Waals surface area contributed by atoms with Crippen LogP contribution in [0.1, 0.15) is 12.5 Å². The lowest BCUT2D eigenvalue weighted by atomic mass is 10.1. The summed E-state index contributed by atoms with van der Waals surface area (Å²) in [6.07, 6.45) is 1.03. The Hall–Kier alpha value is -2.08. The van der Waals surface area contributed by atoms with Crippen LogP contribution < -0.4 is 10.2 Å². The molecule has 1 aliphatic rings. The van der Waals surface area contributed by atoms with Crippen molar-refractivity contribution in [2.24, 2.45) is 0 Å². The third kappa shape index (κ3) is 3.70. The molecule has 24 heavy (non-hydrogen) atoms. The van der Waals surface area contributed by atoms with Crippen LogP contribution in [-0.2, 0) is 11.2 Å². The molecule has 3 nitrogen and oxygen atoms in total. The van der Waals surface area contributed by atoms with Gasteiger partial charge in [0.25, 0.3) is 0 Å². The molecular formula is C18H18F2N2OS. The van der Waals surface area contributed by atoms with Crippen molar-refractivity contribution in [1.82, 2.24) is 0 Å². The van der Waals surface area contributed by atoms with E-state index in [2.05, 4.69) is 17.1 Å². The topological polar surface area (TPSA) is 32.3 Å². The summed E-state index contributed by atoms with van der Waals surface area (Å²) < 4.78 is 26.0. The molecule has 1 amide bonds. The molecule has 0 saturated carbocycles. The summed E-state index contributed by atoms with van der Waals surface area (Å²) in [4.78, 5) is 14.9. The van der Waals surface area contributed by atoms with Gasteiger partial charge in [-0.1, -0.05) is 6.07 Å². The molecule has 3 rings (SSSR count). The van der Waals surface area contributed by atoms with E-state index in [0.717, 1.165) is 37.3 Å². The summed E-state index contributed by atoms with van der Waals surface area (Å²) in [7, 11) is 0. The Balaban J connectivity index is 1.60. The zero-order valence-electron chi connectivity index (χ0n) is 13.3. The maximum absolute atomic E-state index is 13.2. The lowest BCUT2D eigenvalue weighted by molar-refractivity contribution is -0.113. The average molecular weight is 348 g/mol. The fraction of sp³-hybridized carbons (Fsp3) is 0.278. The molecule has 1 heterocycles.